The first-order valence-corrected chi connectivity index (χ1v) is 20.8. The number of para-hydroxylation sites is 1. The SMILES string of the molecule is c1ccc(-c2cc(N(c3ccc4sc5ccc(-c6nc7ccccc7s6)cc5c4c3)c3nc(-c4ccccc4)nc(-c4ccccc4)n3)nc(-c3ccccc3)n2)cc1. The molecule has 0 aliphatic carbocycles. The Kier molecular flexibility index (Phi) is 8.72. The second kappa shape index (κ2) is 14.8. The molecule has 0 saturated heterocycles. The van der Waals surface area contributed by atoms with Crippen LogP contribution in [-0.2, 0) is 0 Å². The molecule has 0 atom stereocenters. The van der Waals surface area contributed by atoms with E-state index in [9.17, 15) is 0 Å². The van der Waals surface area contributed by atoms with Crippen molar-refractivity contribution in [2.75, 3.05) is 4.90 Å². The number of fused-ring (bicyclic) bond motifs is 4. The molecule has 0 aliphatic heterocycles. The van der Waals surface area contributed by atoms with Gasteiger partial charge in [-0.05, 0) is 42.5 Å². The highest BCUT2D eigenvalue weighted by molar-refractivity contribution is 7.26. The third-order valence-corrected chi connectivity index (χ3v) is 12.4. The van der Waals surface area contributed by atoms with Crippen molar-refractivity contribution in [1.82, 2.24) is 29.9 Å². The topological polar surface area (TPSA) is 80.6 Å². The van der Waals surface area contributed by atoms with Gasteiger partial charge in [0.15, 0.2) is 17.5 Å². The molecule has 0 fully saturated rings. The minimum absolute atomic E-state index is 0.434. The van der Waals surface area contributed by atoms with Crippen LogP contribution in [0, 0.1) is 0 Å². The molecule has 0 N–H and O–H groups in total. The number of hydrogen-bond acceptors (Lipinski definition) is 9. The van der Waals surface area contributed by atoms with Crippen molar-refractivity contribution >= 4 is 70.5 Å². The lowest BCUT2D eigenvalue weighted by molar-refractivity contribution is 1.00. The lowest BCUT2D eigenvalue weighted by atomic mass is 10.1. The van der Waals surface area contributed by atoms with Crippen LogP contribution in [0.15, 0.2) is 188 Å². The zero-order valence-corrected chi connectivity index (χ0v) is 33.0. The van der Waals surface area contributed by atoms with Crippen molar-refractivity contribution in [2.45, 2.75) is 0 Å². The van der Waals surface area contributed by atoms with Gasteiger partial charge in [0, 0.05) is 54.1 Å². The predicted octanol–water partition coefficient (Wildman–Crippen LogP) is 13.4. The molecule has 0 unspecified atom stereocenters. The average Bonchev–Trinajstić information content (AvgIpc) is 3.92. The largest absolute Gasteiger partial charge is 0.263 e. The fraction of sp³-hybridized carbons (Fsp3) is 0. The molecule has 7 nitrogen and oxygen atoms in total. The molecule has 4 aromatic heterocycles. The van der Waals surface area contributed by atoms with Crippen molar-refractivity contribution in [3.63, 3.8) is 0 Å². The van der Waals surface area contributed by atoms with Crippen LogP contribution in [0.4, 0.5) is 17.5 Å². The first-order chi connectivity index (χ1) is 29.2. The highest BCUT2D eigenvalue weighted by Gasteiger charge is 2.24. The van der Waals surface area contributed by atoms with E-state index < -0.39 is 0 Å². The van der Waals surface area contributed by atoms with Crippen LogP contribution in [0.5, 0.6) is 0 Å². The van der Waals surface area contributed by atoms with E-state index in [1.54, 1.807) is 22.7 Å². The summed E-state index contributed by atoms with van der Waals surface area (Å²) in [5, 5.41) is 3.28. The first-order valence-electron chi connectivity index (χ1n) is 19.2. The van der Waals surface area contributed by atoms with Crippen molar-refractivity contribution in [2.24, 2.45) is 0 Å². The maximum atomic E-state index is 5.30. The van der Waals surface area contributed by atoms with Crippen LogP contribution < -0.4 is 4.90 Å². The van der Waals surface area contributed by atoms with Crippen LogP contribution in [0.3, 0.4) is 0 Å². The Morgan fingerprint density at radius 1 is 0.356 bits per heavy atom. The lowest BCUT2D eigenvalue weighted by Gasteiger charge is -2.24. The molecule has 0 saturated carbocycles. The van der Waals surface area contributed by atoms with Gasteiger partial charge in [0.1, 0.15) is 10.8 Å². The molecule has 278 valence electrons. The number of aromatic nitrogens is 6. The number of benzene rings is 7. The van der Waals surface area contributed by atoms with Crippen LogP contribution in [0.1, 0.15) is 0 Å². The molecular weight excluding hydrogens is 763 g/mol. The van der Waals surface area contributed by atoms with E-state index in [4.69, 9.17) is 29.9 Å². The van der Waals surface area contributed by atoms with Gasteiger partial charge in [-0.2, -0.15) is 9.97 Å². The summed E-state index contributed by atoms with van der Waals surface area (Å²) in [6.45, 7) is 0. The summed E-state index contributed by atoms with van der Waals surface area (Å²) in [5.41, 5.74) is 7.37. The minimum Gasteiger partial charge on any atom is -0.263 e. The summed E-state index contributed by atoms with van der Waals surface area (Å²) in [5.74, 6) is 2.76. The van der Waals surface area contributed by atoms with Crippen LogP contribution in [0.25, 0.3) is 86.4 Å². The van der Waals surface area contributed by atoms with Crippen LogP contribution >= 0.6 is 22.7 Å². The first kappa shape index (κ1) is 34.8. The van der Waals surface area contributed by atoms with E-state index in [1.165, 1.54) is 14.1 Å². The number of rotatable bonds is 8. The summed E-state index contributed by atoms with van der Waals surface area (Å²) in [6, 6.07) is 63.9. The molecule has 59 heavy (non-hydrogen) atoms. The Bertz CT molecular complexity index is 3000. The van der Waals surface area contributed by atoms with Crippen LogP contribution in [0.2, 0.25) is 0 Å². The maximum absolute atomic E-state index is 5.30. The number of anilines is 3. The maximum Gasteiger partial charge on any atom is 0.239 e. The molecule has 7 aromatic carbocycles. The van der Waals surface area contributed by atoms with E-state index >= 15 is 0 Å². The molecule has 0 bridgehead atoms. The Hall–Kier alpha value is -7.46. The summed E-state index contributed by atoms with van der Waals surface area (Å²) >= 11 is 3.49. The van der Waals surface area contributed by atoms with Gasteiger partial charge in [0.25, 0.3) is 0 Å². The molecule has 4 heterocycles. The fourth-order valence-electron chi connectivity index (χ4n) is 7.30. The van der Waals surface area contributed by atoms with Crippen molar-refractivity contribution in [1.29, 1.82) is 0 Å². The molecule has 0 radical (unpaired) electrons. The van der Waals surface area contributed by atoms with Gasteiger partial charge >= 0.3 is 0 Å². The quantitative estimate of drug-likeness (QED) is 0.151. The van der Waals surface area contributed by atoms with Gasteiger partial charge in [0.2, 0.25) is 5.95 Å². The smallest absolute Gasteiger partial charge is 0.239 e. The van der Waals surface area contributed by atoms with Crippen molar-refractivity contribution < 1.29 is 0 Å². The monoisotopic (exact) mass is 793 g/mol. The average molecular weight is 794 g/mol. The molecule has 9 heteroatoms. The van der Waals surface area contributed by atoms with Gasteiger partial charge in [-0.3, -0.25) is 4.90 Å². The fourth-order valence-corrected chi connectivity index (χ4v) is 9.33. The second-order valence-electron chi connectivity index (χ2n) is 14.0. The molecule has 0 aliphatic rings. The lowest BCUT2D eigenvalue weighted by Crippen LogP contribution is -2.17. The molecule has 0 spiro atoms. The second-order valence-corrected chi connectivity index (χ2v) is 16.1. The van der Waals surface area contributed by atoms with Gasteiger partial charge in [-0.1, -0.05) is 140 Å². The third-order valence-electron chi connectivity index (χ3n) is 10.2. The van der Waals surface area contributed by atoms with E-state index in [2.05, 4.69) is 66.7 Å². The summed E-state index contributed by atoms with van der Waals surface area (Å²) < 4.78 is 3.55. The number of nitrogens with zero attached hydrogens (tertiary/aromatic N) is 7. The predicted molar refractivity (Wildman–Crippen MR) is 243 cm³/mol. The van der Waals surface area contributed by atoms with E-state index in [0.717, 1.165) is 60.5 Å². The summed E-state index contributed by atoms with van der Waals surface area (Å²) in [7, 11) is 0. The van der Waals surface area contributed by atoms with Gasteiger partial charge in [-0.25, -0.2) is 19.9 Å². The van der Waals surface area contributed by atoms with E-state index in [1.807, 2.05) is 126 Å². The summed E-state index contributed by atoms with van der Waals surface area (Å²) in [4.78, 5) is 32.9. The zero-order chi connectivity index (χ0) is 39.1. The highest BCUT2D eigenvalue weighted by Crippen LogP contribution is 2.43. The third kappa shape index (κ3) is 6.68. The molecule has 0 amide bonds. The standard InChI is InChI=1S/C50H31N7S2/c1-5-15-32(16-6-1)41-31-45(53-46(51-41)33-17-7-2-8-18-33)57(50-55-47(34-19-9-3-10-20-34)54-48(56-50)35-21-11-4-12-22-35)37-26-28-43-39(30-37)38-29-36(25-27-42(38)58-43)49-52-40-23-13-14-24-44(40)59-49/h1-31H. The minimum atomic E-state index is 0.434. The van der Waals surface area contributed by atoms with E-state index in [0.29, 0.717) is 29.2 Å². The Morgan fingerprint density at radius 2 is 0.898 bits per heavy atom. The van der Waals surface area contributed by atoms with Gasteiger partial charge in [0.05, 0.1) is 21.6 Å². The van der Waals surface area contributed by atoms with Gasteiger partial charge < -0.3 is 0 Å². The normalized spacial score (nSPS) is 11.4. The number of hydrogen-bond donors (Lipinski definition) is 0. The Labute approximate surface area is 347 Å². The molecule has 11 aromatic rings. The zero-order valence-electron chi connectivity index (χ0n) is 31.3. The van der Waals surface area contributed by atoms with E-state index in [-0.39, 0.29) is 0 Å². The molecule has 11 rings (SSSR count). The number of thiazole rings is 1. The Morgan fingerprint density at radius 3 is 1.53 bits per heavy atom. The highest BCUT2D eigenvalue weighted by atomic mass is 32.1. The van der Waals surface area contributed by atoms with Gasteiger partial charge in [-0.15, -0.1) is 22.7 Å². The Balaban J connectivity index is 1.16. The van der Waals surface area contributed by atoms with Crippen LogP contribution in [-0.4, -0.2) is 29.9 Å². The van der Waals surface area contributed by atoms with Crippen molar-refractivity contribution in [3.05, 3.63) is 188 Å². The summed E-state index contributed by atoms with van der Waals surface area (Å²) in [6.07, 6.45) is 0. The molecular formula is C50H31N7S2. The number of thiophene rings is 1. The van der Waals surface area contributed by atoms with Crippen molar-refractivity contribution in [3.8, 4) is 56.0 Å².